The molecule has 0 spiro atoms. The molecular weight excluding hydrogens is 296 g/mol. The molecule has 2 atom stereocenters. The molecule has 2 aromatic heterocycles. The van der Waals surface area contributed by atoms with Gasteiger partial charge in [-0.2, -0.15) is 0 Å². The van der Waals surface area contributed by atoms with E-state index in [0.717, 1.165) is 6.54 Å². The largest absolute Gasteiger partial charge is 0.343 e. The van der Waals surface area contributed by atoms with Crippen LogP contribution in [0.1, 0.15) is 23.6 Å². The lowest BCUT2D eigenvalue weighted by Crippen LogP contribution is -2.42. The van der Waals surface area contributed by atoms with Crippen molar-refractivity contribution in [3.63, 3.8) is 0 Å². The van der Waals surface area contributed by atoms with Crippen molar-refractivity contribution in [3.8, 4) is 11.8 Å². The maximum atomic E-state index is 12.3. The first-order chi connectivity index (χ1) is 11.2. The van der Waals surface area contributed by atoms with Crippen molar-refractivity contribution >= 4 is 5.91 Å². The molecule has 1 amide bonds. The molecule has 9 heteroatoms. The number of aromatic nitrogens is 6. The van der Waals surface area contributed by atoms with Crippen molar-refractivity contribution in [1.82, 2.24) is 40.0 Å². The Hall–Kier alpha value is -2.73. The third-order valence-electron chi connectivity index (χ3n) is 3.74. The molecule has 0 aromatic carbocycles. The van der Waals surface area contributed by atoms with Crippen molar-refractivity contribution in [1.29, 1.82) is 0 Å². The number of nitrogens with zero attached hydrogens (tertiary/aromatic N) is 7. The van der Waals surface area contributed by atoms with Crippen LogP contribution >= 0.6 is 0 Å². The Kier molecular flexibility index (Phi) is 4.34. The van der Waals surface area contributed by atoms with Crippen molar-refractivity contribution in [2.24, 2.45) is 7.05 Å². The van der Waals surface area contributed by atoms with E-state index in [1.807, 2.05) is 6.92 Å². The summed E-state index contributed by atoms with van der Waals surface area (Å²) in [4.78, 5) is 18.5. The predicted octanol–water partition coefficient (Wildman–Crippen LogP) is -0.915. The van der Waals surface area contributed by atoms with Crippen LogP contribution in [0.2, 0.25) is 0 Å². The Morgan fingerprint density at radius 3 is 3.00 bits per heavy atom. The highest BCUT2D eigenvalue weighted by Crippen LogP contribution is 2.21. The van der Waals surface area contributed by atoms with E-state index in [-0.39, 0.29) is 23.8 Å². The van der Waals surface area contributed by atoms with E-state index < -0.39 is 0 Å². The lowest BCUT2D eigenvalue weighted by atomic mass is 10.2. The molecule has 1 aliphatic rings. The minimum atomic E-state index is -0.288. The van der Waals surface area contributed by atoms with E-state index >= 15 is 0 Å². The summed E-state index contributed by atoms with van der Waals surface area (Å²) in [6, 6.07) is -0.101. The quantitative estimate of drug-likeness (QED) is 0.734. The van der Waals surface area contributed by atoms with Gasteiger partial charge >= 0.3 is 0 Å². The van der Waals surface area contributed by atoms with Gasteiger partial charge in [0.15, 0.2) is 0 Å². The molecule has 1 saturated heterocycles. The van der Waals surface area contributed by atoms with Crippen molar-refractivity contribution in [3.05, 3.63) is 24.5 Å². The van der Waals surface area contributed by atoms with Crippen LogP contribution in [-0.4, -0.2) is 66.2 Å². The monoisotopic (exact) mass is 314 g/mol. The van der Waals surface area contributed by atoms with Crippen LogP contribution in [0.15, 0.2) is 18.7 Å². The maximum Gasteiger partial charge on any atom is 0.291 e. The van der Waals surface area contributed by atoms with E-state index in [9.17, 15) is 4.79 Å². The SMILES string of the molecule is CC#CCN1C[C@@H](NC(=O)c2ncn(C)n2)[C@@H](n2ccnn2)C1. The summed E-state index contributed by atoms with van der Waals surface area (Å²) >= 11 is 0. The van der Waals surface area contributed by atoms with E-state index in [0.29, 0.717) is 13.1 Å². The number of likely N-dealkylation sites (tertiary alicyclic amines) is 1. The molecule has 23 heavy (non-hydrogen) atoms. The molecule has 1 fully saturated rings. The maximum absolute atomic E-state index is 12.3. The summed E-state index contributed by atoms with van der Waals surface area (Å²) in [5.41, 5.74) is 0. The second kappa shape index (κ2) is 6.58. The molecule has 3 rings (SSSR count). The van der Waals surface area contributed by atoms with Crippen molar-refractivity contribution in [2.75, 3.05) is 19.6 Å². The normalized spacial score (nSPS) is 21.0. The van der Waals surface area contributed by atoms with Crippen LogP contribution < -0.4 is 5.32 Å². The van der Waals surface area contributed by atoms with Crippen LogP contribution in [0, 0.1) is 11.8 Å². The van der Waals surface area contributed by atoms with Gasteiger partial charge in [-0.15, -0.1) is 16.1 Å². The van der Waals surface area contributed by atoms with Gasteiger partial charge in [0, 0.05) is 26.3 Å². The van der Waals surface area contributed by atoms with Crippen LogP contribution in [0.3, 0.4) is 0 Å². The van der Waals surface area contributed by atoms with Gasteiger partial charge in [-0.05, 0) is 6.92 Å². The van der Waals surface area contributed by atoms with Gasteiger partial charge in [-0.3, -0.25) is 14.4 Å². The van der Waals surface area contributed by atoms with Crippen LogP contribution in [0.4, 0.5) is 0 Å². The molecule has 1 aliphatic heterocycles. The molecule has 9 nitrogen and oxygen atoms in total. The predicted molar refractivity (Wildman–Crippen MR) is 81.2 cm³/mol. The molecule has 0 saturated carbocycles. The molecule has 0 radical (unpaired) electrons. The van der Waals surface area contributed by atoms with E-state index in [1.165, 1.54) is 11.0 Å². The molecule has 0 bridgehead atoms. The third kappa shape index (κ3) is 3.37. The van der Waals surface area contributed by atoms with E-state index in [2.05, 4.69) is 42.5 Å². The Morgan fingerprint density at radius 1 is 1.48 bits per heavy atom. The zero-order valence-corrected chi connectivity index (χ0v) is 13.0. The fraction of sp³-hybridized carbons (Fsp3) is 0.500. The zero-order valence-electron chi connectivity index (χ0n) is 13.0. The summed E-state index contributed by atoms with van der Waals surface area (Å²) in [7, 11) is 1.72. The molecule has 0 aliphatic carbocycles. The summed E-state index contributed by atoms with van der Waals surface area (Å²) in [5, 5.41) is 14.9. The van der Waals surface area contributed by atoms with Gasteiger partial charge in [-0.25, -0.2) is 9.67 Å². The molecule has 120 valence electrons. The van der Waals surface area contributed by atoms with Gasteiger partial charge < -0.3 is 5.32 Å². The smallest absolute Gasteiger partial charge is 0.291 e. The Bertz CT molecular complexity index is 726. The second-order valence-electron chi connectivity index (χ2n) is 5.39. The summed E-state index contributed by atoms with van der Waals surface area (Å²) in [6.45, 7) is 3.92. The number of rotatable bonds is 4. The molecule has 2 aromatic rings. The van der Waals surface area contributed by atoms with Gasteiger partial charge in [-0.1, -0.05) is 11.1 Å². The van der Waals surface area contributed by atoms with Gasteiger partial charge in [0.2, 0.25) is 5.82 Å². The molecule has 3 heterocycles. The number of hydrogen-bond donors (Lipinski definition) is 1. The second-order valence-corrected chi connectivity index (χ2v) is 5.39. The number of hydrogen-bond acceptors (Lipinski definition) is 6. The third-order valence-corrected chi connectivity index (χ3v) is 3.74. The average molecular weight is 314 g/mol. The summed E-state index contributed by atoms with van der Waals surface area (Å²) in [6.07, 6.45) is 4.94. The minimum Gasteiger partial charge on any atom is -0.343 e. The first kappa shape index (κ1) is 15.2. The number of carbonyl (C=O) groups excluding carboxylic acids is 1. The average Bonchev–Trinajstić information content (AvgIpc) is 3.25. The highest BCUT2D eigenvalue weighted by molar-refractivity contribution is 5.90. The first-order valence-electron chi connectivity index (χ1n) is 7.31. The summed E-state index contributed by atoms with van der Waals surface area (Å²) < 4.78 is 3.28. The van der Waals surface area contributed by atoms with E-state index in [1.54, 1.807) is 24.1 Å². The standard InChI is InChI=1S/C14H18N8O/c1-3-4-6-21-8-11(12(9-21)22-7-5-16-19-22)17-14(23)13-15-10-20(2)18-13/h5,7,10-12H,6,8-9H2,1-2H3,(H,17,23)/t11-,12+/m1/s1. The lowest BCUT2D eigenvalue weighted by molar-refractivity contribution is 0.0919. The molecule has 0 unspecified atom stereocenters. The topological polar surface area (TPSA) is 93.8 Å². The highest BCUT2D eigenvalue weighted by atomic mass is 16.2. The fourth-order valence-electron chi connectivity index (χ4n) is 2.67. The van der Waals surface area contributed by atoms with Gasteiger partial charge in [0.05, 0.1) is 24.8 Å². The van der Waals surface area contributed by atoms with Gasteiger partial charge in [0.25, 0.3) is 5.91 Å². The zero-order chi connectivity index (χ0) is 16.2. The number of carbonyl (C=O) groups is 1. The number of aryl methyl sites for hydroxylation is 1. The van der Waals surface area contributed by atoms with Crippen LogP contribution in [0.25, 0.3) is 0 Å². The Balaban J connectivity index is 1.73. The fourth-order valence-corrected chi connectivity index (χ4v) is 2.67. The first-order valence-corrected chi connectivity index (χ1v) is 7.31. The Morgan fingerprint density at radius 2 is 2.35 bits per heavy atom. The van der Waals surface area contributed by atoms with E-state index in [4.69, 9.17) is 0 Å². The highest BCUT2D eigenvalue weighted by Gasteiger charge is 2.35. The summed E-state index contributed by atoms with van der Waals surface area (Å²) in [5.74, 6) is 5.82. The van der Waals surface area contributed by atoms with Crippen LogP contribution in [-0.2, 0) is 7.05 Å². The molecule has 1 N–H and O–H groups in total. The van der Waals surface area contributed by atoms with Crippen molar-refractivity contribution in [2.45, 2.75) is 19.0 Å². The molecular formula is C14H18N8O. The minimum absolute atomic E-state index is 0.00354. The lowest BCUT2D eigenvalue weighted by Gasteiger charge is -2.18. The Labute approximate surface area is 133 Å². The van der Waals surface area contributed by atoms with Crippen molar-refractivity contribution < 1.29 is 4.79 Å². The number of amides is 1. The number of nitrogens with one attached hydrogen (secondary N) is 1. The van der Waals surface area contributed by atoms with Gasteiger partial charge in [0.1, 0.15) is 6.33 Å². The van der Waals surface area contributed by atoms with Crippen LogP contribution in [0.5, 0.6) is 0 Å².